The first-order valence-corrected chi connectivity index (χ1v) is 8.83. The Morgan fingerprint density at radius 1 is 1.35 bits per heavy atom. The summed E-state index contributed by atoms with van der Waals surface area (Å²) in [6.45, 7) is 4.51. The second-order valence-corrected chi connectivity index (χ2v) is 7.97. The molecule has 0 saturated carbocycles. The van der Waals surface area contributed by atoms with Gasteiger partial charge < -0.3 is 5.11 Å². The van der Waals surface area contributed by atoms with Gasteiger partial charge in [-0.15, -0.1) is 23.5 Å². The van der Waals surface area contributed by atoms with Crippen LogP contribution in [0.3, 0.4) is 0 Å². The van der Waals surface area contributed by atoms with Crippen LogP contribution >= 0.6 is 23.5 Å². The molecule has 0 aromatic carbocycles. The summed E-state index contributed by atoms with van der Waals surface area (Å²) < 4.78 is 0.716. The SMILES string of the molecule is CCCCCCC(O)C=CCC1SCC(C)S1. The summed E-state index contributed by atoms with van der Waals surface area (Å²) in [5.41, 5.74) is 0. The minimum Gasteiger partial charge on any atom is -0.389 e. The topological polar surface area (TPSA) is 20.2 Å². The first-order valence-electron chi connectivity index (χ1n) is 6.84. The van der Waals surface area contributed by atoms with Crippen LogP contribution < -0.4 is 0 Å². The Balaban J connectivity index is 2.03. The van der Waals surface area contributed by atoms with Crippen LogP contribution in [0.15, 0.2) is 12.2 Å². The quantitative estimate of drug-likeness (QED) is 0.521. The monoisotopic (exact) mass is 274 g/mol. The molecule has 1 aliphatic rings. The van der Waals surface area contributed by atoms with Crippen molar-refractivity contribution in [3.63, 3.8) is 0 Å². The first kappa shape index (κ1) is 15.5. The molecule has 1 N–H and O–H groups in total. The van der Waals surface area contributed by atoms with E-state index in [9.17, 15) is 5.11 Å². The summed E-state index contributed by atoms with van der Waals surface area (Å²) in [6, 6.07) is 0. The molecule has 0 aliphatic carbocycles. The average molecular weight is 274 g/mol. The number of hydrogen-bond acceptors (Lipinski definition) is 3. The van der Waals surface area contributed by atoms with Crippen LogP contribution in [0.25, 0.3) is 0 Å². The molecule has 0 aromatic rings. The Kier molecular flexibility index (Phi) is 8.50. The molecule has 0 bridgehead atoms. The normalized spacial score (nSPS) is 26.8. The van der Waals surface area contributed by atoms with Gasteiger partial charge in [0.25, 0.3) is 0 Å². The Labute approximate surface area is 115 Å². The second-order valence-electron chi connectivity index (χ2n) is 4.79. The van der Waals surface area contributed by atoms with Gasteiger partial charge in [0, 0.05) is 11.0 Å². The zero-order chi connectivity index (χ0) is 12.5. The van der Waals surface area contributed by atoms with E-state index in [1.54, 1.807) is 0 Å². The molecule has 0 aromatic heterocycles. The summed E-state index contributed by atoms with van der Waals surface area (Å²) in [5.74, 6) is 1.28. The highest BCUT2D eigenvalue weighted by Gasteiger charge is 2.20. The molecule has 1 heterocycles. The fourth-order valence-electron chi connectivity index (χ4n) is 1.93. The third-order valence-electron chi connectivity index (χ3n) is 2.94. The third-order valence-corrected chi connectivity index (χ3v) is 6.28. The van der Waals surface area contributed by atoms with Gasteiger partial charge in [0.15, 0.2) is 0 Å². The minimum atomic E-state index is -0.222. The number of unbranched alkanes of at least 4 members (excludes halogenated alkanes) is 3. The Morgan fingerprint density at radius 2 is 2.18 bits per heavy atom. The molecule has 100 valence electrons. The Morgan fingerprint density at radius 3 is 2.82 bits per heavy atom. The summed E-state index contributed by atoms with van der Waals surface area (Å²) in [5, 5.41) is 10.6. The molecule has 3 unspecified atom stereocenters. The maximum Gasteiger partial charge on any atom is 0.0720 e. The predicted molar refractivity (Wildman–Crippen MR) is 81.8 cm³/mol. The molecule has 1 rings (SSSR count). The fourth-order valence-corrected chi connectivity index (χ4v) is 5.07. The molecule has 17 heavy (non-hydrogen) atoms. The van der Waals surface area contributed by atoms with Crippen LogP contribution in [0, 0.1) is 0 Å². The average Bonchev–Trinajstić information content (AvgIpc) is 2.71. The zero-order valence-electron chi connectivity index (χ0n) is 11.1. The summed E-state index contributed by atoms with van der Waals surface area (Å²) in [7, 11) is 0. The van der Waals surface area contributed by atoms with Gasteiger partial charge in [0.05, 0.1) is 10.7 Å². The van der Waals surface area contributed by atoms with Crippen molar-refractivity contribution in [2.45, 2.75) is 68.3 Å². The highest BCUT2D eigenvalue weighted by Crippen LogP contribution is 2.39. The van der Waals surface area contributed by atoms with Crippen LogP contribution in [0.5, 0.6) is 0 Å². The largest absolute Gasteiger partial charge is 0.389 e. The number of aliphatic hydroxyl groups excluding tert-OH is 1. The van der Waals surface area contributed by atoms with E-state index in [2.05, 4.69) is 43.4 Å². The van der Waals surface area contributed by atoms with Gasteiger partial charge in [-0.1, -0.05) is 51.7 Å². The van der Waals surface area contributed by atoms with Crippen LogP contribution in [-0.4, -0.2) is 26.8 Å². The van der Waals surface area contributed by atoms with Gasteiger partial charge in [-0.3, -0.25) is 0 Å². The van der Waals surface area contributed by atoms with Crippen molar-refractivity contribution in [3.05, 3.63) is 12.2 Å². The van der Waals surface area contributed by atoms with E-state index in [1.807, 2.05) is 6.08 Å². The smallest absolute Gasteiger partial charge is 0.0720 e. The lowest BCUT2D eigenvalue weighted by Gasteiger charge is -2.07. The van der Waals surface area contributed by atoms with Gasteiger partial charge in [0.1, 0.15) is 0 Å². The van der Waals surface area contributed by atoms with E-state index >= 15 is 0 Å². The van der Waals surface area contributed by atoms with E-state index in [1.165, 1.54) is 25.0 Å². The minimum absolute atomic E-state index is 0.222. The summed E-state index contributed by atoms with van der Waals surface area (Å²) in [6.07, 6.45) is 11.0. The molecule has 1 nitrogen and oxygen atoms in total. The van der Waals surface area contributed by atoms with Crippen molar-refractivity contribution in [1.82, 2.24) is 0 Å². The van der Waals surface area contributed by atoms with Gasteiger partial charge in [-0.2, -0.15) is 0 Å². The van der Waals surface area contributed by atoms with Crippen molar-refractivity contribution in [3.8, 4) is 0 Å². The highest BCUT2D eigenvalue weighted by atomic mass is 32.2. The predicted octanol–water partition coefficient (Wildman–Crippen LogP) is 4.46. The van der Waals surface area contributed by atoms with Crippen LogP contribution in [0.4, 0.5) is 0 Å². The van der Waals surface area contributed by atoms with Crippen molar-refractivity contribution < 1.29 is 5.11 Å². The number of thioether (sulfide) groups is 2. The maximum absolute atomic E-state index is 9.77. The molecule has 1 aliphatic heterocycles. The van der Waals surface area contributed by atoms with Crippen LogP contribution in [0.2, 0.25) is 0 Å². The standard InChI is InChI=1S/C14H26OS2/c1-3-4-5-6-8-13(15)9-7-10-14-16-11-12(2)17-14/h7,9,12-15H,3-6,8,10-11H2,1-2H3. The zero-order valence-corrected chi connectivity index (χ0v) is 12.7. The van der Waals surface area contributed by atoms with E-state index in [0.29, 0.717) is 4.58 Å². The number of allylic oxidation sites excluding steroid dienone is 1. The fraction of sp³-hybridized carbons (Fsp3) is 0.857. The van der Waals surface area contributed by atoms with Gasteiger partial charge in [-0.05, 0) is 12.8 Å². The number of hydrogen-bond donors (Lipinski definition) is 1. The first-order chi connectivity index (χ1) is 8.22. The maximum atomic E-state index is 9.77. The molecule has 3 heteroatoms. The summed E-state index contributed by atoms with van der Waals surface area (Å²) in [4.78, 5) is 0. The highest BCUT2D eigenvalue weighted by molar-refractivity contribution is 8.20. The van der Waals surface area contributed by atoms with Gasteiger partial charge in [-0.25, -0.2) is 0 Å². The second kappa shape index (κ2) is 9.35. The van der Waals surface area contributed by atoms with E-state index < -0.39 is 0 Å². The van der Waals surface area contributed by atoms with Gasteiger partial charge >= 0.3 is 0 Å². The lowest BCUT2D eigenvalue weighted by Crippen LogP contribution is -2.02. The van der Waals surface area contributed by atoms with E-state index in [4.69, 9.17) is 0 Å². The molecule has 0 spiro atoms. The summed E-state index contributed by atoms with van der Waals surface area (Å²) >= 11 is 4.13. The molecule has 3 atom stereocenters. The molecular formula is C14H26OS2. The van der Waals surface area contributed by atoms with Crippen LogP contribution in [-0.2, 0) is 0 Å². The molecule has 1 saturated heterocycles. The third kappa shape index (κ3) is 7.43. The van der Waals surface area contributed by atoms with Crippen molar-refractivity contribution in [2.75, 3.05) is 5.75 Å². The number of rotatable bonds is 8. The van der Waals surface area contributed by atoms with Gasteiger partial charge in [0.2, 0.25) is 0 Å². The van der Waals surface area contributed by atoms with Crippen molar-refractivity contribution in [1.29, 1.82) is 0 Å². The molecule has 0 amide bonds. The Hall–Kier alpha value is 0.400. The number of aliphatic hydroxyl groups is 1. The molecule has 1 fully saturated rings. The Bertz CT molecular complexity index is 218. The van der Waals surface area contributed by atoms with Crippen LogP contribution in [0.1, 0.15) is 52.4 Å². The lowest BCUT2D eigenvalue weighted by atomic mass is 10.1. The van der Waals surface area contributed by atoms with E-state index in [-0.39, 0.29) is 6.10 Å². The molecular weight excluding hydrogens is 248 g/mol. The molecule has 0 radical (unpaired) electrons. The van der Waals surface area contributed by atoms with E-state index in [0.717, 1.165) is 24.5 Å². The van der Waals surface area contributed by atoms with Crippen molar-refractivity contribution >= 4 is 23.5 Å². The van der Waals surface area contributed by atoms with Crippen molar-refractivity contribution in [2.24, 2.45) is 0 Å². The lowest BCUT2D eigenvalue weighted by molar-refractivity contribution is 0.208.